The average molecular weight is 673 g/mol. The van der Waals surface area contributed by atoms with E-state index in [-0.39, 0.29) is 0 Å². The van der Waals surface area contributed by atoms with E-state index >= 15 is 0 Å². The second kappa shape index (κ2) is 12.8. The van der Waals surface area contributed by atoms with E-state index in [1.807, 2.05) is 0 Å². The molecule has 248 valence electrons. The molecule has 0 aliphatic heterocycles. The van der Waals surface area contributed by atoms with Gasteiger partial charge in [0.2, 0.25) is 0 Å². The second-order valence-corrected chi connectivity index (χ2v) is 14.1. The molecule has 0 atom stereocenters. The van der Waals surface area contributed by atoms with E-state index < -0.39 is 5.41 Å². The topological polar surface area (TPSA) is 0 Å². The summed E-state index contributed by atoms with van der Waals surface area (Å²) in [5.41, 5.74) is 17.1. The maximum Gasteiger partial charge on any atom is 0.0713 e. The lowest BCUT2D eigenvalue weighted by Crippen LogP contribution is -2.28. The van der Waals surface area contributed by atoms with E-state index in [2.05, 4.69) is 218 Å². The minimum Gasteiger partial charge on any atom is -0.0622 e. The summed E-state index contributed by atoms with van der Waals surface area (Å²) in [4.78, 5) is 0. The van der Waals surface area contributed by atoms with Crippen molar-refractivity contribution >= 4 is 10.8 Å². The molecule has 0 bridgehead atoms. The van der Waals surface area contributed by atoms with Crippen LogP contribution in [-0.2, 0) is 5.41 Å². The van der Waals surface area contributed by atoms with Crippen molar-refractivity contribution < 1.29 is 0 Å². The van der Waals surface area contributed by atoms with Gasteiger partial charge in [0.05, 0.1) is 5.41 Å². The highest BCUT2D eigenvalue weighted by Gasteiger charge is 2.46. The fourth-order valence-corrected chi connectivity index (χ4v) is 8.72. The fourth-order valence-electron chi connectivity index (χ4n) is 8.72. The minimum absolute atomic E-state index is 0.420. The van der Waals surface area contributed by atoms with Gasteiger partial charge in [0.1, 0.15) is 0 Å². The normalized spacial score (nSPS) is 12.7. The summed E-state index contributed by atoms with van der Waals surface area (Å²) in [6.45, 7) is 0. The van der Waals surface area contributed by atoms with Gasteiger partial charge in [0.25, 0.3) is 0 Å². The molecule has 0 aromatic heterocycles. The van der Waals surface area contributed by atoms with Crippen LogP contribution in [-0.4, -0.2) is 0 Å². The molecule has 0 amide bonds. The number of hydrogen-bond acceptors (Lipinski definition) is 0. The van der Waals surface area contributed by atoms with Gasteiger partial charge < -0.3 is 0 Å². The van der Waals surface area contributed by atoms with E-state index in [1.165, 1.54) is 88.7 Å². The zero-order chi connectivity index (χ0) is 35.2. The van der Waals surface area contributed by atoms with Gasteiger partial charge in [-0.3, -0.25) is 0 Å². The molecule has 0 heterocycles. The molecule has 10 rings (SSSR count). The number of rotatable bonds is 6. The van der Waals surface area contributed by atoms with Gasteiger partial charge in [0.15, 0.2) is 0 Å². The molecule has 1 aliphatic carbocycles. The first-order valence-electron chi connectivity index (χ1n) is 18.4. The van der Waals surface area contributed by atoms with Crippen LogP contribution in [0.3, 0.4) is 0 Å². The predicted molar refractivity (Wildman–Crippen MR) is 223 cm³/mol. The van der Waals surface area contributed by atoms with Crippen LogP contribution >= 0.6 is 0 Å². The quantitative estimate of drug-likeness (QED) is 0.165. The Hall–Kier alpha value is -6.76. The lowest BCUT2D eigenvalue weighted by atomic mass is 9.67. The van der Waals surface area contributed by atoms with Gasteiger partial charge in [-0.25, -0.2) is 0 Å². The van der Waals surface area contributed by atoms with E-state index in [0.29, 0.717) is 0 Å². The standard InChI is InChI=1S/C53H36/c1-3-23-45(24-4-1)53(46-25-5-2-6-26-46)51-30-10-9-28-49(51)50-32-31-43(36-52(50)53)41-20-12-18-39(34-41)38-17-11-19-40(33-38)42-21-13-22-44(35-42)48-29-14-16-37-15-7-8-27-47(37)48/h1-36H. The Balaban J connectivity index is 1.06. The highest BCUT2D eigenvalue weighted by atomic mass is 14.5. The molecule has 1 aliphatic rings. The van der Waals surface area contributed by atoms with Gasteiger partial charge >= 0.3 is 0 Å². The smallest absolute Gasteiger partial charge is 0.0622 e. The van der Waals surface area contributed by atoms with Crippen LogP contribution in [0.15, 0.2) is 218 Å². The lowest BCUT2D eigenvalue weighted by Gasteiger charge is -2.34. The van der Waals surface area contributed by atoms with E-state index in [0.717, 1.165) is 0 Å². The number of benzene rings is 9. The van der Waals surface area contributed by atoms with Crippen LogP contribution in [0.5, 0.6) is 0 Å². The first-order chi connectivity index (χ1) is 26.3. The van der Waals surface area contributed by atoms with Crippen LogP contribution in [0, 0.1) is 0 Å². The molecule has 9 aromatic rings. The Bertz CT molecular complexity index is 2730. The van der Waals surface area contributed by atoms with Crippen molar-refractivity contribution in [2.75, 3.05) is 0 Å². The van der Waals surface area contributed by atoms with E-state index in [1.54, 1.807) is 0 Å². The van der Waals surface area contributed by atoms with Crippen LogP contribution in [0.25, 0.3) is 66.4 Å². The number of fused-ring (bicyclic) bond motifs is 4. The molecule has 0 unspecified atom stereocenters. The Morgan fingerprint density at radius 2 is 0.679 bits per heavy atom. The summed E-state index contributed by atoms with van der Waals surface area (Å²) in [6, 6.07) is 80.2. The van der Waals surface area contributed by atoms with Crippen LogP contribution in [0.4, 0.5) is 0 Å². The van der Waals surface area contributed by atoms with Crippen molar-refractivity contribution in [2.24, 2.45) is 0 Å². The molecule has 0 spiro atoms. The monoisotopic (exact) mass is 672 g/mol. The van der Waals surface area contributed by atoms with Crippen molar-refractivity contribution in [1.29, 1.82) is 0 Å². The SMILES string of the molecule is c1ccc(C2(c3ccccc3)c3ccccc3-c3ccc(-c4cccc(-c5cccc(-c6cccc(-c7cccc8ccccc78)c6)c5)c4)cc32)cc1. The molecule has 0 saturated carbocycles. The molecule has 0 saturated heterocycles. The summed E-state index contributed by atoms with van der Waals surface area (Å²) in [6.07, 6.45) is 0. The van der Waals surface area contributed by atoms with Crippen LogP contribution < -0.4 is 0 Å². The molecule has 0 fully saturated rings. The van der Waals surface area contributed by atoms with Crippen molar-refractivity contribution in [2.45, 2.75) is 5.41 Å². The third kappa shape index (κ3) is 5.14. The van der Waals surface area contributed by atoms with Gasteiger partial charge in [0, 0.05) is 0 Å². The van der Waals surface area contributed by atoms with Crippen molar-refractivity contribution in [3.63, 3.8) is 0 Å². The average Bonchev–Trinajstić information content (AvgIpc) is 3.54. The minimum atomic E-state index is -0.420. The lowest BCUT2D eigenvalue weighted by molar-refractivity contribution is 0.769. The number of hydrogen-bond donors (Lipinski definition) is 0. The van der Waals surface area contributed by atoms with Crippen LogP contribution in [0.2, 0.25) is 0 Å². The van der Waals surface area contributed by atoms with Crippen molar-refractivity contribution in [1.82, 2.24) is 0 Å². The summed E-state index contributed by atoms with van der Waals surface area (Å²) in [7, 11) is 0. The molecular formula is C53H36. The van der Waals surface area contributed by atoms with Gasteiger partial charge in [-0.1, -0.05) is 194 Å². The Morgan fingerprint density at radius 3 is 1.32 bits per heavy atom. The molecule has 53 heavy (non-hydrogen) atoms. The predicted octanol–water partition coefficient (Wildman–Crippen LogP) is 13.9. The fraction of sp³-hybridized carbons (Fsp3) is 0.0189. The zero-order valence-electron chi connectivity index (χ0n) is 29.3. The zero-order valence-corrected chi connectivity index (χ0v) is 29.3. The van der Waals surface area contributed by atoms with Crippen molar-refractivity contribution in [3.8, 4) is 55.6 Å². The van der Waals surface area contributed by atoms with Crippen LogP contribution in [0.1, 0.15) is 22.3 Å². The first kappa shape index (κ1) is 31.0. The Morgan fingerprint density at radius 1 is 0.245 bits per heavy atom. The summed E-state index contributed by atoms with van der Waals surface area (Å²) in [5, 5.41) is 2.54. The largest absolute Gasteiger partial charge is 0.0713 e. The van der Waals surface area contributed by atoms with Gasteiger partial charge in [-0.05, 0) is 113 Å². The Labute approximate surface area is 311 Å². The third-order valence-electron chi connectivity index (χ3n) is 11.1. The van der Waals surface area contributed by atoms with E-state index in [4.69, 9.17) is 0 Å². The van der Waals surface area contributed by atoms with Crippen molar-refractivity contribution in [3.05, 3.63) is 241 Å². The summed E-state index contributed by atoms with van der Waals surface area (Å²) < 4.78 is 0. The highest BCUT2D eigenvalue weighted by Crippen LogP contribution is 2.56. The summed E-state index contributed by atoms with van der Waals surface area (Å²) in [5.74, 6) is 0. The molecule has 9 aromatic carbocycles. The van der Waals surface area contributed by atoms with E-state index in [9.17, 15) is 0 Å². The Kier molecular flexibility index (Phi) is 7.48. The van der Waals surface area contributed by atoms with Gasteiger partial charge in [-0.2, -0.15) is 0 Å². The maximum absolute atomic E-state index is 2.45. The van der Waals surface area contributed by atoms with Gasteiger partial charge in [-0.15, -0.1) is 0 Å². The molecule has 0 nitrogen and oxygen atoms in total. The summed E-state index contributed by atoms with van der Waals surface area (Å²) >= 11 is 0. The highest BCUT2D eigenvalue weighted by molar-refractivity contribution is 5.97. The molecular weight excluding hydrogens is 637 g/mol. The molecule has 0 radical (unpaired) electrons. The third-order valence-corrected chi connectivity index (χ3v) is 11.1. The molecule has 0 heteroatoms. The molecule has 0 N–H and O–H groups in total. The second-order valence-electron chi connectivity index (χ2n) is 14.1. The maximum atomic E-state index is 2.45. The first-order valence-corrected chi connectivity index (χ1v) is 18.4.